The predicted molar refractivity (Wildman–Crippen MR) is 99.1 cm³/mol. The number of nitrogens with one attached hydrogen (secondary N) is 2. The third-order valence-electron chi connectivity index (χ3n) is 4.42. The lowest BCUT2D eigenvalue weighted by atomic mass is 10.1. The van der Waals surface area contributed by atoms with E-state index in [9.17, 15) is 19.5 Å². The Morgan fingerprint density at radius 1 is 1.33 bits per heavy atom. The second-order valence-corrected chi connectivity index (χ2v) is 6.65. The van der Waals surface area contributed by atoms with Crippen LogP contribution in [-0.4, -0.2) is 45.2 Å². The van der Waals surface area contributed by atoms with Crippen molar-refractivity contribution in [3.05, 3.63) is 68.5 Å². The van der Waals surface area contributed by atoms with Gasteiger partial charge in [-0.2, -0.15) is 0 Å². The molecular weight excluding hydrogens is 374 g/mol. The van der Waals surface area contributed by atoms with E-state index >= 15 is 0 Å². The Bertz CT molecular complexity index is 911. The van der Waals surface area contributed by atoms with Gasteiger partial charge in [-0.15, -0.1) is 11.6 Å². The van der Waals surface area contributed by atoms with Gasteiger partial charge in [-0.05, 0) is 18.6 Å². The zero-order chi connectivity index (χ0) is 19.4. The number of aromatic amines is 1. The molecule has 3 N–H and O–H groups in total. The Balaban J connectivity index is 1.68. The van der Waals surface area contributed by atoms with E-state index in [2.05, 4.69) is 10.3 Å². The van der Waals surface area contributed by atoms with Gasteiger partial charge in [0.2, 0.25) is 0 Å². The second-order valence-electron chi connectivity index (χ2n) is 6.27. The first kappa shape index (κ1) is 19.3. The van der Waals surface area contributed by atoms with Gasteiger partial charge < -0.3 is 15.2 Å². The second kappa shape index (κ2) is 8.51. The summed E-state index contributed by atoms with van der Waals surface area (Å²) in [5.74, 6) is -0.0377. The van der Waals surface area contributed by atoms with Crippen molar-refractivity contribution < 1.29 is 14.6 Å². The average molecular weight is 394 g/mol. The fourth-order valence-corrected chi connectivity index (χ4v) is 3.18. The summed E-state index contributed by atoms with van der Waals surface area (Å²) in [5.41, 5.74) is -0.237. The summed E-state index contributed by atoms with van der Waals surface area (Å²) in [4.78, 5) is 38.2. The number of amides is 1. The van der Waals surface area contributed by atoms with Crippen molar-refractivity contribution in [3.63, 3.8) is 0 Å². The minimum atomic E-state index is -0.860. The van der Waals surface area contributed by atoms with Gasteiger partial charge in [-0.3, -0.25) is 19.1 Å². The van der Waals surface area contributed by atoms with E-state index < -0.39 is 29.7 Å². The first-order valence-corrected chi connectivity index (χ1v) is 9.10. The number of carbonyl (C=O) groups is 1. The van der Waals surface area contributed by atoms with Crippen LogP contribution in [0.25, 0.3) is 0 Å². The lowest BCUT2D eigenvalue weighted by Gasteiger charge is -2.17. The van der Waals surface area contributed by atoms with Crippen LogP contribution in [0.5, 0.6) is 0 Å². The van der Waals surface area contributed by atoms with Crippen molar-refractivity contribution in [2.24, 2.45) is 0 Å². The highest BCUT2D eigenvalue weighted by atomic mass is 35.5. The minimum absolute atomic E-state index is 0.0953. The van der Waals surface area contributed by atoms with Crippen molar-refractivity contribution in [2.75, 3.05) is 12.4 Å². The van der Waals surface area contributed by atoms with Crippen molar-refractivity contribution in [1.29, 1.82) is 0 Å². The number of aliphatic hydroxyl groups is 1. The standard InChI is InChI=1S/C18H20ClN3O5/c19-7-6-12-10-22(18(26)21-17(12)25)15-8-13(23)14(27-15)9-20-16(24)11-4-2-1-3-5-11/h1-5,10,13-15,23H,6-9H2,(H,20,24)(H,21,25,26)/t13-,14+,15+/m0/s1. The molecule has 8 nitrogen and oxygen atoms in total. The van der Waals surface area contributed by atoms with Gasteiger partial charge in [-0.25, -0.2) is 4.79 Å². The fourth-order valence-electron chi connectivity index (χ4n) is 2.98. The number of aliphatic hydroxyl groups excluding tert-OH is 1. The van der Waals surface area contributed by atoms with E-state index in [1.165, 1.54) is 10.8 Å². The Labute approximate surface area is 159 Å². The number of ether oxygens (including phenoxy) is 1. The van der Waals surface area contributed by atoms with Gasteiger partial charge in [0.05, 0.1) is 6.10 Å². The molecule has 1 aromatic carbocycles. The molecule has 0 radical (unpaired) electrons. The third kappa shape index (κ3) is 4.47. The topological polar surface area (TPSA) is 113 Å². The first-order valence-electron chi connectivity index (χ1n) is 8.56. The Hall–Kier alpha value is -2.42. The molecule has 0 unspecified atom stereocenters. The number of aromatic nitrogens is 2. The number of aryl methyl sites for hydroxylation is 1. The largest absolute Gasteiger partial charge is 0.390 e. The van der Waals surface area contributed by atoms with Gasteiger partial charge >= 0.3 is 5.69 Å². The van der Waals surface area contributed by atoms with Crippen LogP contribution in [0.1, 0.15) is 28.6 Å². The number of hydrogen-bond donors (Lipinski definition) is 3. The van der Waals surface area contributed by atoms with E-state index in [0.717, 1.165) is 0 Å². The number of H-pyrrole nitrogens is 1. The minimum Gasteiger partial charge on any atom is -0.390 e. The number of rotatable bonds is 6. The van der Waals surface area contributed by atoms with Crippen LogP contribution in [0, 0.1) is 0 Å². The van der Waals surface area contributed by atoms with Crippen molar-refractivity contribution in [2.45, 2.75) is 31.3 Å². The molecule has 0 bridgehead atoms. The number of alkyl halides is 1. The Morgan fingerprint density at radius 3 is 2.78 bits per heavy atom. The summed E-state index contributed by atoms with van der Waals surface area (Å²) < 4.78 is 6.98. The molecule has 1 amide bonds. The first-order chi connectivity index (χ1) is 13.0. The molecule has 144 valence electrons. The molecule has 2 heterocycles. The molecule has 1 saturated heterocycles. The Morgan fingerprint density at radius 2 is 2.07 bits per heavy atom. The molecule has 27 heavy (non-hydrogen) atoms. The van der Waals surface area contributed by atoms with Crippen molar-refractivity contribution >= 4 is 17.5 Å². The van der Waals surface area contributed by atoms with Gasteiger partial charge in [-0.1, -0.05) is 18.2 Å². The van der Waals surface area contributed by atoms with Crippen molar-refractivity contribution in [3.8, 4) is 0 Å². The molecule has 2 aromatic rings. The van der Waals surface area contributed by atoms with Crippen LogP contribution in [0.2, 0.25) is 0 Å². The maximum atomic E-state index is 12.1. The van der Waals surface area contributed by atoms with Gasteiger partial charge in [0, 0.05) is 36.2 Å². The molecule has 3 atom stereocenters. The van der Waals surface area contributed by atoms with Crippen LogP contribution < -0.4 is 16.6 Å². The number of benzene rings is 1. The summed E-state index contributed by atoms with van der Waals surface area (Å²) in [6, 6.07) is 8.69. The summed E-state index contributed by atoms with van der Waals surface area (Å²) >= 11 is 5.68. The number of hydrogen-bond acceptors (Lipinski definition) is 5. The molecule has 1 fully saturated rings. The van der Waals surface area contributed by atoms with Crippen LogP contribution >= 0.6 is 11.6 Å². The van der Waals surface area contributed by atoms with E-state index in [4.69, 9.17) is 16.3 Å². The lowest BCUT2D eigenvalue weighted by Crippen LogP contribution is -2.37. The summed E-state index contributed by atoms with van der Waals surface area (Å²) in [7, 11) is 0. The van der Waals surface area contributed by atoms with Crippen LogP contribution in [0.15, 0.2) is 46.1 Å². The number of carbonyl (C=O) groups excluding carboxylic acids is 1. The average Bonchev–Trinajstić information content (AvgIpc) is 3.03. The van der Waals surface area contributed by atoms with Gasteiger partial charge in [0.15, 0.2) is 0 Å². The summed E-state index contributed by atoms with van der Waals surface area (Å²) in [6.45, 7) is 0.0953. The van der Waals surface area contributed by atoms with Gasteiger partial charge in [0.1, 0.15) is 12.3 Å². The zero-order valence-corrected chi connectivity index (χ0v) is 15.2. The monoisotopic (exact) mass is 393 g/mol. The lowest BCUT2D eigenvalue weighted by molar-refractivity contribution is -0.0187. The highest BCUT2D eigenvalue weighted by Gasteiger charge is 2.35. The molecule has 0 aliphatic carbocycles. The van der Waals surface area contributed by atoms with Crippen LogP contribution in [0.4, 0.5) is 0 Å². The fraction of sp³-hybridized carbons (Fsp3) is 0.389. The normalized spacial score (nSPS) is 21.9. The van der Waals surface area contributed by atoms with E-state index in [-0.39, 0.29) is 24.8 Å². The maximum absolute atomic E-state index is 12.1. The van der Waals surface area contributed by atoms with E-state index in [1.54, 1.807) is 24.3 Å². The third-order valence-corrected chi connectivity index (χ3v) is 4.61. The van der Waals surface area contributed by atoms with Crippen LogP contribution in [0.3, 0.4) is 0 Å². The van der Waals surface area contributed by atoms with Crippen molar-refractivity contribution in [1.82, 2.24) is 14.9 Å². The number of nitrogens with zero attached hydrogens (tertiary/aromatic N) is 1. The number of halogens is 1. The smallest absolute Gasteiger partial charge is 0.330 e. The van der Waals surface area contributed by atoms with Crippen LogP contribution in [-0.2, 0) is 11.2 Å². The molecule has 0 saturated carbocycles. The highest BCUT2D eigenvalue weighted by molar-refractivity contribution is 6.17. The highest BCUT2D eigenvalue weighted by Crippen LogP contribution is 2.27. The summed E-state index contributed by atoms with van der Waals surface area (Å²) in [6.07, 6.45) is -0.385. The summed E-state index contributed by atoms with van der Waals surface area (Å²) in [5, 5.41) is 12.9. The molecule has 3 rings (SSSR count). The van der Waals surface area contributed by atoms with E-state index in [1.807, 2.05) is 6.07 Å². The molecule has 1 aromatic heterocycles. The molecule has 1 aliphatic heterocycles. The SMILES string of the molecule is O=C(NC[C@H]1O[C@@H](n2cc(CCCl)c(=O)[nH]c2=O)C[C@@H]1O)c1ccccc1. The molecular formula is C18H20ClN3O5. The molecule has 0 spiro atoms. The molecule has 1 aliphatic rings. The predicted octanol–water partition coefficient (Wildman–Crippen LogP) is 0.396. The zero-order valence-electron chi connectivity index (χ0n) is 14.4. The maximum Gasteiger partial charge on any atom is 0.330 e. The van der Waals surface area contributed by atoms with Gasteiger partial charge in [0.25, 0.3) is 11.5 Å². The Kier molecular flexibility index (Phi) is 6.10. The van der Waals surface area contributed by atoms with E-state index in [0.29, 0.717) is 17.5 Å². The molecule has 9 heteroatoms. The quantitative estimate of drug-likeness (QED) is 0.615.